The molecule has 0 amide bonds. The molecule has 0 aliphatic rings. The molecule has 3 heteroatoms. The van der Waals surface area contributed by atoms with E-state index in [1.165, 1.54) is 27.6 Å². The van der Waals surface area contributed by atoms with Crippen LogP contribution >= 0.6 is 0 Å². The summed E-state index contributed by atoms with van der Waals surface area (Å²) in [5.41, 5.74) is 5.31. The highest BCUT2D eigenvalue weighted by Gasteiger charge is 2.08. The Morgan fingerprint density at radius 2 is 1.92 bits per heavy atom. The molecule has 0 unspecified atom stereocenters. The smallest absolute Gasteiger partial charge is 0.0518 e. The van der Waals surface area contributed by atoms with Crippen LogP contribution in [0.25, 0.3) is 10.9 Å². The predicted octanol–water partition coefficient (Wildman–Crippen LogP) is 4.90. The van der Waals surface area contributed by atoms with Crippen molar-refractivity contribution in [1.29, 1.82) is 0 Å². The maximum atomic E-state index is 5.60. The van der Waals surface area contributed by atoms with Crippen LogP contribution in [0.2, 0.25) is 0 Å². The van der Waals surface area contributed by atoms with Gasteiger partial charge in [0.15, 0.2) is 0 Å². The maximum absolute atomic E-state index is 5.60. The summed E-state index contributed by atoms with van der Waals surface area (Å²) in [6.45, 7) is 9.90. The number of hydrogen-bond acceptors (Lipinski definition) is 2. The lowest BCUT2D eigenvalue weighted by Crippen LogP contribution is -2.17. The molecule has 0 spiro atoms. The van der Waals surface area contributed by atoms with Gasteiger partial charge in [-0.15, -0.1) is 0 Å². The van der Waals surface area contributed by atoms with Crippen LogP contribution in [-0.2, 0) is 17.8 Å². The average molecular weight is 351 g/mol. The molecule has 3 aromatic rings. The molecule has 0 atom stereocenters. The van der Waals surface area contributed by atoms with E-state index in [0.717, 1.165) is 32.7 Å². The molecule has 3 rings (SSSR count). The second kappa shape index (κ2) is 9.02. The zero-order valence-electron chi connectivity index (χ0n) is 16.2. The molecule has 0 bridgehead atoms. The van der Waals surface area contributed by atoms with E-state index >= 15 is 0 Å². The first-order valence-electron chi connectivity index (χ1n) is 9.58. The molecule has 0 aliphatic heterocycles. The number of nitrogens with one attached hydrogen (secondary N) is 1. The van der Waals surface area contributed by atoms with Gasteiger partial charge >= 0.3 is 0 Å². The van der Waals surface area contributed by atoms with E-state index in [2.05, 4.69) is 85.4 Å². The molecule has 2 aromatic carbocycles. The Morgan fingerprint density at radius 1 is 1.08 bits per heavy atom. The number of hydrogen-bond donors (Lipinski definition) is 1. The zero-order valence-corrected chi connectivity index (χ0v) is 16.2. The molecule has 138 valence electrons. The average Bonchev–Trinajstić information content (AvgIpc) is 2.96. The maximum Gasteiger partial charge on any atom is 0.0518 e. The van der Waals surface area contributed by atoms with Crippen molar-refractivity contribution in [2.75, 3.05) is 13.2 Å². The largest absolute Gasteiger partial charge is 0.379 e. The molecular weight excluding hydrogens is 320 g/mol. The zero-order chi connectivity index (χ0) is 18.4. The summed E-state index contributed by atoms with van der Waals surface area (Å²) in [5.74, 6) is 0. The number of benzene rings is 2. The lowest BCUT2D eigenvalue weighted by molar-refractivity contribution is 0.0770. The second-order valence-corrected chi connectivity index (χ2v) is 7.24. The fourth-order valence-corrected chi connectivity index (χ4v) is 3.34. The molecule has 1 N–H and O–H groups in total. The van der Waals surface area contributed by atoms with Crippen LogP contribution in [0, 0.1) is 6.92 Å². The first-order chi connectivity index (χ1) is 12.6. The van der Waals surface area contributed by atoms with Crippen LogP contribution in [0.4, 0.5) is 0 Å². The van der Waals surface area contributed by atoms with E-state index in [1.807, 2.05) is 0 Å². The Hall–Kier alpha value is -2.10. The molecule has 26 heavy (non-hydrogen) atoms. The quantitative estimate of drug-likeness (QED) is 0.555. The van der Waals surface area contributed by atoms with Crippen LogP contribution in [0.3, 0.4) is 0 Å². The third-order valence-corrected chi connectivity index (χ3v) is 4.57. The van der Waals surface area contributed by atoms with Crippen LogP contribution in [0.15, 0.2) is 54.7 Å². The Balaban J connectivity index is 1.67. The van der Waals surface area contributed by atoms with Crippen molar-refractivity contribution in [3.8, 4) is 0 Å². The van der Waals surface area contributed by atoms with Crippen LogP contribution in [0.5, 0.6) is 0 Å². The first-order valence-corrected chi connectivity index (χ1v) is 9.58. The number of nitrogens with zero attached hydrogens (tertiary/aromatic N) is 1. The summed E-state index contributed by atoms with van der Waals surface area (Å²) < 4.78 is 7.96. The van der Waals surface area contributed by atoms with Crippen LogP contribution in [0.1, 0.15) is 37.0 Å². The highest BCUT2D eigenvalue weighted by atomic mass is 16.5. The Bertz CT molecular complexity index is 835. The SMILES string of the molecule is Cc1cccc(Cn2cc(CNCCCOC(C)C)c3ccccc32)c1. The van der Waals surface area contributed by atoms with Gasteiger partial charge in [0.25, 0.3) is 0 Å². The molecular formula is C23H30N2O. The molecule has 0 saturated heterocycles. The summed E-state index contributed by atoms with van der Waals surface area (Å²) in [7, 11) is 0. The molecule has 3 nitrogen and oxygen atoms in total. The number of ether oxygens (including phenoxy) is 1. The fourth-order valence-electron chi connectivity index (χ4n) is 3.34. The number of aryl methyl sites for hydroxylation is 1. The fraction of sp³-hybridized carbons (Fsp3) is 0.391. The van der Waals surface area contributed by atoms with Crippen molar-refractivity contribution < 1.29 is 4.74 Å². The Morgan fingerprint density at radius 3 is 2.73 bits per heavy atom. The highest BCUT2D eigenvalue weighted by molar-refractivity contribution is 5.84. The Kier molecular flexibility index (Phi) is 6.48. The van der Waals surface area contributed by atoms with Crippen molar-refractivity contribution in [2.24, 2.45) is 0 Å². The van der Waals surface area contributed by atoms with Crippen molar-refractivity contribution in [2.45, 2.75) is 46.4 Å². The molecule has 0 fully saturated rings. The van der Waals surface area contributed by atoms with Gasteiger partial charge in [-0.3, -0.25) is 0 Å². The Labute approximate surface area is 157 Å². The summed E-state index contributed by atoms with van der Waals surface area (Å²) >= 11 is 0. The van der Waals surface area contributed by atoms with E-state index in [4.69, 9.17) is 4.74 Å². The van der Waals surface area contributed by atoms with E-state index in [0.29, 0.717) is 6.10 Å². The van der Waals surface area contributed by atoms with Gasteiger partial charge in [0, 0.05) is 36.8 Å². The molecule has 1 heterocycles. The summed E-state index contributed by atoms with van der Waals surface area (Å²) in [6.07, 6.45) is 3.65. The number of aromatic nitrogens is 1. The first kappa shape index (κ1) is 18.7. The van der Waals surface area contributed by atoms with Crippen molar-refractivity contribution in [3.05, 3.63) is 71.4 Å². The van der Waals surface area contributed by atoms with Gasteiger partial charge in [-0.2, -0.15) is 0 Å². The van der Waals surface area contributed by atoms with Gasteiger partial charge in [-0.05, 0) is 50.9 Å². The van der Waals surface area contributed by atoms with E-state index in [1.54, 1.807) is 0 Å². The minimum Gasteiger partial charge on any atom is -0.379 e. The van der Waals surface area contributed by atoms with Crippen molar-refractivity contribution >= 4 is 10.9 Å². The highest BCUT2D eigenvalue weighted by Crippen LogP contribution is 2.22. The van der Waals surface area contributed by atoms with Gasteiger partial charge in [-0.25, -0.2) is 0 Å². The molecule has 0 radical (unpaired) electrons. The monoisotopic (exact) mass is 350 g/mol. The lowest BCUT2D eigenvalue weighted by Gasteiger charge is -2.08. The second-order valence-electron chi connectivity index (χ2n) is 7.24. The molecule has 0 aliphatic carbocycles. The topological polar surface area (TPSA) is 26.2 Å². The molecule has 1 aromatic heterocycles. The van der Waals surface area contributed by atoms with Gasteiger partial charge in [-0.1, -0.05) is 48.0 Å². The summed E-state index contributed by atoms with van der Waals surface area (Å²) in [6, 6.07) is 17.4. The minimum absolute atomic E-state index is 0.314. The standard InChI is InChI=1S/C23H30N2O/c1-18(2)26-13-7-12-24-15-21-17-25(23-11-5-4-10-22(21)23)16-20-9-6-8-19(3)14-20/h4-6,8-11,14,17-18,24H,7,12-13,15-16H2,1-3H3. The van der Waals surface area contributed by atoms with E-state index < -0.39 is 0 Å². The summed E-state index contributed by atoms with van der Waals surface area (Å²) in [5, 5.41) is 4.90. The molecule has 0 saturated carbocycles. The van der Waals surface area contributed by atoms with Gasteiger partial charge < -0.3 is 14.6 Å². The van der Waals surface area contributed by atoms with Crippen LogP contribution in [-0.4, -0.2) is 23.8 Å². The number of fused-ring (bicyclic) bond motifs is 1. The number of rotatable bonds is 9. The third kappa shape index (κ3) is 4.96. The van der Waals surface area contributed by atoms with Gasteiger partial charge in [0.2, 0.25) is 0 Å². The minimum atomic E-state index is 0.314. The van der Waals surface area contributed by atoms with Gasteiger partial charge in [0.05, 0.1) is 6.10 Å². The number of para-hydroxylation sites is 1. The van der Waals surface area contributed by atoms with Crippen molar-refractivity contribution in [1.82, 2.24) is 9.88 Å². The van der Waals surface area contributed by atoms with Gasteiger partial charge in [0.1, 0.15) is 0 Å². The van der Waals surface area contributed by atoms with E-state index in [-0.39, 0.29) is 0 Å². The lowest BCUT2D eigenvalue weighted by atomic mass is 10.1. The van der Waals surface area contributed by atoms with Crippen LogP contribution < -0.4 is 5.32 Å². The normalized spacial score (nSPS) is 11.5. The summed E-state index contributed by atoms with van der Waals surface area (Å²) in [4.78, 5) is 0. The predicted molar refractivity (Wildman–Crippen MR) is 110 cm³/mol. The van der Waals surface area contributed by atoms with E-state index in [9.17, 15) is 0 Å². The van der Waals surface area contributed by atoms with Crippen molar-refractivity contribution in [3.63, 3.8) is 0 Å². The third-order valence-electron chi connectivity index (χ3n) is 4.57.